The van der Waals surface area contributed by atoms with E-state index in [-0.39, 0.29) is 5.69 Å². The number of carbonyl (C=O) groups excluding carboxylic acids is 1. The molecular weight excluding hydrogens is 367 g/mol. The number of alkyl halides is 3. The summed E-state index contributed by atoms with van der Waals surface area (Å²) in [5.41, 5.74) is 0.861. The van der Waals surface area contributed by atoms with Gasteiger partial charge in [-0.1, -0.05) is 42.5 Å². The van der Waals surface area contributed by atoms with E-state index in [1.807, 2.05) is 12.1 Å². The lowest BCUT2D eigenvalue weighted by atomic mass is 10.1. The number of hydrogen-bond donors (Lipinski definition) is 2. The Morgan fingerprint density at radius 3 is 2.46 bits per heavy atom. The van der Waals surface area contributed by atoms with E-state index in [1.54, 1.807) is 42.7 Å². The summed E-state index contributed by atoms with van der Waals surface area (Å²) in [6.45, 7) is 0.378. The van der Waals surface area contributed by atoms with Gasteiger partial charge in [0.25, 0.3) is 0 Å². The van der Waals surface area contributed by atoms with E-state index in [0.717, 1.165) is 17.7 Å². The van der Waals surface area contributed by atoms with Gasteiger partial charge in [-0.15, -0.1) is 0 Å². The lowest BCUT2D eigenvalue weighted by Gasteiger charge is -2.19. The van der Waals surface area contributed by atoms with Crippen LogP contribution in [0.3, 0.4) is 0 Å². The molecule has 0 unspecified atom stereocenters. The smallest absolute Gasteiger partial charge is 0.324 e. The van der Waals surface area contributed by atoms with Crippen molar-refractivity contribution in [2.45, 2.75) is 18.8 Å². The van der Waals surface area contributed by atoms with Crippen molar-refractivity contribution in [3.05, 3.63) is 95.8 Å². The standard InChI is InChI=1S/C21H18F3N3O/c22-21(23,24)17-9-4-10-18(12-17)27-20(28)19(16-7-2-1-3-8-16)26-14-15-6-5-11-25-13-15/h1-13,19,26H,14H2,(H,27,28)/t19-/m0/s1. The number of nitrogens with zero attached hydrogens (tertiary/aromatic N) is 1. The zero-order valence-electron chi connectivity index (χ0n) is 14.8. The van der Waals surface area contributed by atoms with Gasteiger partial charge in [0.2, 0.25) is 5.91 Å². The van der Waals surface area contributed by atoms with Gasteiger partial charge in [0.05, 0.1) is 5.56 Å². The summed E-state index contributed by atoms with van der Waals surface area (Å²) in [5, 5.41) is 5.72. The van der Waals surface area contributed by atoms with Crippen LogP contribution >= 0.6 is 0 Å². The highest BCUT2D eigenvalue weighted by molar-refractivity contribution is 5.95. The van der Waals surface area contributed by atoms with Crippen LogP contribution in [0, 0.1) is 0 Å². The lowest BCUT2D eigenvalue weighted by Crippen LogP contribution is -2.32. The van der Waals surface area contributed by atoms with Crippen LogP contribution in [0.1, 0.15) is 22.7 Å². The summed E-state index contributed by atoms with van der Waals surface area (Å²) in [4.78, 5) is 16.9. The summed E-state index contributed by atoms with van der Waals surface area (Å²) in [5.74, 6) is -0.450. The van der Waals surface area contributed by atoms with Gasteiger partial charge in [-0.25, -0.2) is 0 Å². The van der Waals surface area contributed by atoms with Crippen molar-refractivity contribution in [3.8, 4) is 0 Å². The van der Waals surface area contributed by atoms with Crippen LogP contribution in [0.15, 0.2) is 79.1 Å². The summed E-state index contributed by atoms with van der Waals surface area (Å²) < 4.78 is 38.7. The number of anilines is 1. The first-order valence-corrected chi connectivity index (χ1v) is 8.59. The van der Waals surface area contributed by atoms with Crippen molar-refractivity contribution >= 4 is 11.6 Å². The van der Waals surface area contributed by atoms with Crippen molar-refractivity contribution < 1.29 is 18.0 Å². The fourth-order valence-electron chi connectivity index (χ4n) is 2.72. The third-order valence-electron chi connectivity index (χ3n) is 4.09. The van der Waals surface area contributed by atoms with Crippen LogP contribution in [-0.2, 0) is 17.5 Å². The zero-order valence-corrected chi connectivity index (χ0v) is 14.8. The molecule has 2 aromatic carbocycles. The molecule has 28 heavy (non-hydrogen) atoms. The Bertz CT molecular complexity index is 915. The average molecular weight is 385 g/mol. The third kappa shape index (κ3) is 5.17. The van der Waals surface area contributed by atoms with E-state index in [1.165, 1.54) is 12.1 Å². The number of nitrogens with one attached hydrogen (secondary N) is 2. The summed E-state index contributed by atoms with van der Waals surface area (Å²) >= 11 is 0. The molecule has 3 aromatic rings. The minimum atomic E-state index is -4.47. The SMILES string of the molecule is O=C(Nc1cccc(C(F)(F)F)c1)[C@@H](NCc1cccnc1)c1ccccc1. The molecule has 144 valence electrons. The van der Waals surface area contributed by atoms with E-state index < -0.39 is 23.7 Å². The average Bonchev–Trinajstić information content (AvgIpc) is 2.69. The molecule has 2 N–H and O–H groups in total. The number of halogens is 3. The number of amides is 1. The minimum absolute atomic E-state index is 0.0870. The number of rotatable bonds is 6. The Morgan fingerprint density at radius 2 is 1.79 bits per heavy atom. The summed E-state index contributed by atoms with van der Waals surface area (Å²) in [7, 11) is 0. The largest absolute Gasteiger partial charge is 0.416 e. The second-order valence-corrected chi connectivity index (χ2v) is 6.15. The second-order valence-electron chi connectivity index (χ2n) is 6.15. The highest BCUT2D eigenvalue weighted by atomic mass is 19.4. The Morgan fingerprint density at radius 1 is 1.00 bits per heavy atom. The molecule has 0 fully saturated rings. The molecule has 0 saturated heterocycles. The second kappa shape index (κ2) is 8.67. The fourth-order valence-corrected chi connectivity index (χ4v) is 2.72. The van der Waals surface area contributed by atoms with E-state index >= 15 is 0 Å². The minimum Gasteiger partial charge on any atom is -0.324 e. The van der Waals surface area contributed by atoms with Crippen LogP contribution in [-0.4, -0.2) is 10.9 Å². The monoisotopic (exact) mass is 385 g/mol. The van der Waals surface area contributed by atoms with Gasteiger partial charge < -0.3 is 5.32 Å². The Kier molecular flexibility index (Phi) is 6.06. The number of hydrogen-bond acceptors (Lipinski definition) is 3. The summed E-state index contributed by atoms with van der Waals surface area (Å²) in [6, 6.07) is 16.5. The first-order valence-electron chi connectivity index (χ1n) is 8.59. The number of pyridine rings is 1. The molecule has 7 heteroatoms. The molecular formula is C21H18F3N3O. The Balaban J connectivity index is 1.79. The molecule has 3 rings (SSSR count). The van der Waals surface area contributed by atoms with Crippen LogP contribution in [0.4, 0.5) is 18.9 Å². The van der Waals surface area contributed by atoms with Gasteiger partial charge in [0, 0.05) is 24.6 Å². The molecule has 0 saturated carbocycles. The molecule has 0 aliphatic heterocycles. The van der Waals surface area contributed by atoms with Crippen LogP contribution in [0.25, 0.3) is 0 Å². The lowest BCUT2D eigenvalue weighted by molar-refractivity contribution is -0.137. The molecule has 1 aromatic heterocycles. The Hall–Kier alpha value is -3.19. The third-order valence-corrected chi connectivity index (χ3v) is 4.09. The number of benzene rings is 2. The number of carbonyl (C=O) groups is 1. The van der Waals surface area contributed by atoms with Crippen molar-refractivity contribution in [1.82, 2.24) is 10.3 Å². The highest BCUT2D eigenvalue weighted by Crippen LogP contribution is 2.31. The van der Waals surface area contributed by atoms with Crippen LogP contribution in [0.5, 0.6) is 0 Å². The molecule has 0 aliphatic carbocycles. The van der Waals surface area contributed by atoms with Gasteiger partial charge in [-0.05, 0) is 35.4 Å². The van der Waals surface area contributed by atoms with E-state index in [9.17, 15) is 18.0 Å². The maximum atomic E-state index is 12.9. The van der Waals surface area contributed by atoms with E-state index in [4.69, 9.17) is 0 Å². The molecule has 4 nitrogen and oxygen atoms in total. The van der Waals surface area contributed by atoms with Gasteiger partial charge in [-0.3, -0.25) is 15.1 Å². The fraction of sp³-hybridized carbons (Fsp3) is 0.143. The molecule has 0 aliphatic rings. The molecule has 1 amide bonds. The van der Waals surface area contributed by atoms with Crippen molar-refractivity contribution in [2.24, 2.45) is 0 Å². The zero-order chi connectivity index (χ0) is 20.0. The molecule has 1 atom stereocenters. The normalized spacial score (nSPS) is 12.4. The first kappa shape index (κ1) is 19.6. The quantitative estimate of drug-likeness (QED) is 0.654. The van der Waals surface area contributed by atoms with E-state index in [0.29, 0.717) is 12.1 Å². The molecule has 0 bridgehead atoms. The van der Waals surface area contributed by atoms with Crippen LogP contribution < -0.4 is 10.6 Å². The van der Waals surface area contributed by atoms with Crippen molar-refractivity contribution in [3.63, 3.8) is 0 Å². The van der Waals surface area contributed by atoms with Crippen molar-refractivity contribution in [1.29, 1.82) is 0 Å². The summed E-state index contributed by atoms with van der Waals surface area (Å²) in [6.07, 6.45) is -1.14. The topological polar surface area (TPSA) is 54.0 Å². The van der Waals surface area contributed by atoms with Gasteiger partial charge in [0.15, 0.2) is 0 Å². The molecule has 0 radical (unpaired) electrons. The highest BCUT2D eigenvalue weighted by Gasteiger charge is 2.30. The Labute approximate surface area is 160 Å². The van der Waals surface area contributed by atoms with Gasteiger partial charge >= 0.3 is 6.18 Å². The maximum absolute atomic E-state index is 12.9. The predicted octanol–water partition coefficient (Wildman–Crippen LogP) is 4.57. The maximum Gasteiger partial charge on any atom is 0.416 e. The predicted molar refractivity (Wildman–Crippen MR) is 100 cm³/mol. The van der Waals surface area contributed by atoms with E-state index in [2.05, 4.69) is 15.6 Å². The van der Waals surface area contributed by atoms with Gasteiger partial charge in [0.1, 0.15) is 6.04 Å². The number of aromatic nitrogens is 1. The molecule has 1 heterocycles. The first-order chi connectivity index (χ1) is 13.4. The molecule has 0 spiro atoms. The van der Waals surface area contributed by atoms with Gasteiger partial charge in [-0.2, -0.15) is 13.2 Å². The van der Waals surface area contributed by atoms with Crippen LogP contribution in [0.2, 0.25) is 0 Å². The van der Waals surface area contributed by atoms with Crippen molar-refractivity contribution in [2.75, 3.05) is 5.32 Å².